The van der Waals surface area contributed by atoms with Crippen LogP contribution in [-0.2, 0) is 4.79 Å². The number of carbonyl (C=O) groups excluding carboxylic acids is 1. The first-order valence-corrected chi connectivity index (χ1v) is 6.65. The van der Waals surface area contributed by atoms with Crippen molar-refractivity contribution in [2.75, 3.05) is 18.4 Å². The van der Waals surface area contributed by atoms with E-state index >= 15 is 0 Å². The molecule has 0 aliphatic carbocycles. The SMILES string of the molecule is Cc1cc(NC(=O)CCC2CCNC2)cnc1Cl. The fraction of sp³-hybridized carbons (Fsp3) is 0.538. The van der Waals surface area contributed by atoms with Gasteiger partial charge in [0.1, 0.15) is 5.15 Å². The van der Waals surface area contributed by atoms with E-state index in [4.69, 9.17) is 11.6 Å². The molecular formula is C13H18ClN3O. The van der Waals surface area contributed by atoms with Gasteiger partial charge in [-0.2, -0.15) is 0 Å². The van der Waals surface area contributed by atoms with E-state index in [1.807, 2.05) is 13.0 Å². The maximum Gasteiger partial charge on any atom is 0.224 e. The molecule has 5 heteroatoms. The molecule has 1 atom stereocenters. The lowest BCUT2D eigenvalue weighted by Crippen LogP contribution is -2.15. The fourth-order valence-corrected chi connectivity index (χ4v) is 2.25. The summed E-state index contributed by atoms with van der Waals surface area (Å²) in [5, 5.41) is 6.63. The van der Waals surface area contributed by atoms with Crippen LogP contribution in [0.3, 0.4) is 0 Å². The van der Waals surface area contributed by atoms with Gasteiger partial charge in [0.05, 0.1) is 11.9 Å². The Morgan fingerprint density at radius 1 is 1.67 bits per heavy atom. The Bertz CT molecular complexity index is 430. The largest absolute Gasteiger partial charge is 0.325 e. The highest BCUT2D eigenvalue weighted by molar-refractivity contribution is 6.30. The molecule has 2 rings (SSSR count). The molecule has 1 aliphatic rings. The van der Waals surface area contributed by atoms with Crippen LogP contribution in [-0.4, -0.2) is 24.0 Å². The van der Waals surface area contributed by atoms with Gasteiger partial charge in [0.25, 0.3) is 0 Å². The van der Waals surface area contributed by atoms with Gasteiger partial charge < -0.3 is 10.6 Å². The minimum atomic E-state index is 0.0467. The van der Waals surface area contributed by atoms with Crippen molar-refractivity contribution in [3.8, 4) is 0 Å². The Balaban J connectivity index is 1.80. The van der Waals surface area contributed by atoms with Crippen LogP contribution in [0, 0.1) is 12.8 Å². The minimum absolute atomic E-state index is 0.0467. The number of amides is 1. The topological polar surface area (TPSA) is 54.0 Å². The molecule has 1 fully saturated rings. The van der Waals surface area contributed by atoms with E-state index in [1.165, 1.54) is 6.42 Å². The monoisotopic (exact) mass is 267 g/mol. The van der Waals surface area contributed by atoms with Gasteiger partial charge in [-0.3, -0.25) is 4.79 Å². The lowest BCUT2D eigenvalue weighted by molar-refractivity contribution is -0.116. The van der Waals surface area contributed by atoms with Gasteiger partial charge in [-0.05, 0) is 50.4 Å². The van der Waals surface area contributed by atoms with Crippen molar-refractivity contribution in [2.24, 2.45) is 5.92 Å². The number of aromatic nitrogens is 1. The molecular weight excluding hydrogens is 250 g/mol. The molecule has 1 amide bonds. The number of pyridine rings is 1. The van der Waals surface area contributed by atoms with E-state index in [2.05, 4.69) is 15.6 Å². The smallest absolute Gasteiger partial charge is 0.224 e. The molecule has 1 aromatic rings. The average molecular weight is 268 g/mol. The summed E-state index contributed by atoms with van der Waals surface area (Å²) in [6, 6.07) is 1.84. The van der Waals surface area contributed by atoms with Gasteiger partial charge in [-0.1, -0.05) is 11.6 Å². The van der Waals surface area contributed by atoms with E-state index in [1.54, 1.807) is 6.20 Å². The van der Waals surface area contributed by atoms with Gasteiger partial charge >= 0.3 is 0 Å². The molecule has 0 saturated carbocycles. The normalized spacial score (nSPS) is 18.9. The third-order valence-electron chi connectivity index (χ3n) is 3.24. The zero-order valence-electron chi connectivity index (χ0n) is 10.5. The summed E-state index contributed by atoms with van der Waals surface area (Å²) in [6.45, 7) is 3.98. The number of rotatable bonds is 4. The van der Waals surface area contributed by atoms with Crippen LogP contribution >= 0.6 is 11.6 Å². The second kappa shape index (κ2) is 6.16. The zero-order chi connectivity index (χ0) is 13.0. The van der Waals surface area contributed by atoms with Crippen LogP contribution in [0.15, 0.2) is 12.3 Å². The Morgan fingerprint density at radius 2 is 2.50 bits per heavy atom. The van der Waals surface area contributed by atoms with Crippen LogP contribution in [0.4, 0.5) is 5.69 Å². The summed E-state index contributed by atoms with van der Waals surface area (Å²) in [6.07, 6.45) is 4.27. The molecule has 1 aliphatic heterocycles. The number of nitrogens with one attached hydrogen (secondary N) is 2. The Hall–Kier alpha value is -1.13. The highest BCUT2D eigenvalue weighted by atomic mass is 35.5. The number of hydrogen-bond donors (Lipinski definition) is 2. The molecule has 0 bridgehead atoms. The first-order valence-electron chi connectivity index (χ1n) is 6.28. The molecule has 1 saturated heterocycles. The summed E-state index contributed by atoms with van der Waals surface area (Å²) >= 11 is 5.83. The van der Waals surface area contributed by atoms with E-state index in [-0.39, 0.29) is 5.91 Å². The van der Waals surface area contributed by atoms with Gasteiger partial charge in [-0.15, -0.1) is 0 Å². The summed E-state index contributed by atoms with van der Waals surface area (Å²) in [5.41, 5.74) is 1.58. The molecule has 1 aromatic heterocycles. The predicted molar refractivity (Wildman–Crippen MR) is 72.8 cm³/mol. The summed E-state index contributed by atoms with van der Waals surface area (Å²) in [7, 11) is 0. The lowest BCUT2D eigenvalue weighted by Gasteiger charge is -2.09. The standard InChI is InChI=1S/C13H18ClN3O/c1-9-6-11(8-16-13(9)14)17-12(18)3-2-10-4-5-15-7-10/h6,8,10,15H,2-5,7H2,1H3,(H,17,18). The van der Waals surface area contributed by atoms with Crippen LogP contribution in [0.2, 0.25) is 5.15 Å². The van der Waals surface area contributed by atoms with Gasteiger partial charge in [-0.25, -0.2) is 4.98 Å². The van der Waals surface area contributed by atoms with Crippen molar-refractivity contribution in [3.05, 3.63) is 23.0 Å². The van der Waals surface area contributed by atoms with Crippen molar-refractivity contribution in [2.45, 2.75) is 26.2 Å². The second-order valence-electron chi connectivity index (χ2n) is 4.78. The summed E-state index contributed by atoms with van der Waals surface area (Å²) in [4.78, 5) is 15.8. The molecule has 0 radical (unpaired) electrons. The number of carbonyl (C=O) groups is 1. The molecule has 1 unspecified atom stereocenters. The van der Waals surface area contributed by atoms with E-state index in [0.717, 1.165) is 25.1 Å². The molecule has 2 N–H and O–H groups in total. The highest BCUT2D eigenvalue weighted by Gasteiger charge is 2.15. The van der Waals surface area contributed by atoms with Crippen molar-refractivity contribution in [1.29, 1.82) is 0 Å². The molecule has 4 nitrogen and oxygen atoms in total. The molecule has 98 valence electrons. The molecule has 0 aromatic carbocycles. The zero-order valence-corrected chi connectivity index (χ0v) is 11.3. The van der Waals surface area contributed by atoms with Crippen LogP contribution in [0.5, 0.6) is 0 Å². The Labute approximate surface area is 112 Å². The average Bonchev–Trinajstić information content (AvgIpc) is 2.84. The number of nitrogens with zero attached hydrogens (tertiary/aromatic N) is 1. The number of anilines is 1. The highest BCUT2D eigenvalue weighted by Crippen LogP contribution is 2.18. The number of hydrogen-bond acceptors (Lipinski definition) is 3. The third kappa shape index (κ3) is 3.68. The molecule has 2 heterocycles. The number of halogens is 1. The van der Waals surface area contributed by atoms with Gasteiger partial charge in [0.15, 0.2) is 0 Å². The van der Waals surface area contributed by atoms with E-state index in [0.29, 0.717) is 23.2 Å². The van der Waals surface area contributed by atoms with Crippen LogP contribution in [0.1, 0.15) is 24.8 Å². The molecule has 0 spiro atoms. The quantitative estimate of drug-likeness (QED) is 0.824. The fourth-order valence-electron chi connectivity index (χ4n) is 2.15. The Morgan fingerprint density at radius 3 is 3.17 bits per heavy atom. The maximum atomic E-state index is 11.8. The summed E-state index contributed by atoms with van der Waals surface area (Å²) < 4.78 is 0. The van der Waals surface area contributed by atoms with Crippen LogP contribution < -0.4 is 10.6 Å². The summed E-state index contributed by atoms with van der Waals surface area (Å²) in [5.74, 6) is 0.686. The first kappa shape index (κ1) is 13.3. The van der Waals surface area contributed by atoms with Crippen molar-refractivity contribution < 1.29 is 4.79 Å². The first-order chi connectivity index (χ1) is 8.65. The second-order valence-corrected chi connectivity index (χ2v) is 5.14. The lowest BCUT2D eigenvalue weighted by atomic mass is 10.0. The minimum Gasteiger partial charge on any atom is -0.325 e. The molecule has 18 heavy (non-hydrogen) atoms. The van der Waals surface area contributed by atoms with Gasteiger partial charge in [0, 0.05) is 6.42 Å². The van der Waals surface area contributed by atoms with E-state index < -0.39 is 0 Å². The third-order valence-corrected chi connectivity index (χ3v) is 3.64. The van der Waals surface area contributed by atoms with Crippen molar-refractivity contribution in [1.82, 2.24) is 10.3 Å². The van der Waals surface area contributed by atoms with Gasteiger partial charge in [0.2, 0.25) is 5.91 Å². The van der Waals surface area contributed by atoms with Crippen molar-refractivity contribution >= 4 is 23.2 Å². The van der Waals surface area contributed by atoms with Crippen molar-refractivity contribution in [3.63, 3.8) is 0 Å². The number of aryl methyl sites for hydroxylation is 1. The van der Waals surface area contributed by atoms with E-state index in [9.17, 15) is 4.79 Å². The van der Waals surface area contributed by atoms with Crippen LogP contribution in [0.25, 0.3) is 0 Å². The predicted octanol–water partition coefficient (Wildman–Crippen LogP) is 2.37. The maximum absolute atomic E-state index is 11.8. The Kier molecular flexibility index (Phi) is 4.55.